The maximum absolute atomic E-state index is 12.2. The third-order valence-corrected chi connectivity index (χ3v) is 7.02. The minimum absolute atomic E-state index is 0.0270. The standard InChI is InChI=1S/C23H25ClN6O2S/c1-12-11-33-19(21(32)25-4)18(12)29-20-15(24)10-26-22(30-20)27-13-5-6-16-14(9-13)23(2,3)8-7-17(31)28-16/h5-6,9-11H,7-8H2,1-4H3,(H,25,32)(H,28,31)(H2,26,27,29,30). The number of rotatable bonds is 5. The number of aromatic nitrogens is 2. The Balaban J connectivity index is 1.62. The van der Waals surface area contributed by atoms with E-state index in [1.807, 2.05) is 30.5 Å². The smallest absolute Gasteiger partial charge is 0.263 e. The Labute approximate surface area is 201 Å². The van der Waals surface area contributed by atoms with Crippen LogP contribution in [0.2, 0.25) is 5.02 Å². The molecule has 33 heavy (non-hydrogen) atoms. The van der Waals surface area contributed by atoms with Crippen LogP contribution in [0, 0.1) is 6.92 Å². The first-order valence-electron chi connectivity index (χ1n) is 10.5. The van der Waals surface area contributed by atoms with Gasteiger partial charge in [0.2, 0.25) is 11.9 Å². The Bertz CT molecular complexity index is 1240. The minimum Gasteiger partial charge on any atom is -0.354 e. The number of thiophene rings is 1. The molecule has 0 unspecified atom stereocenters. The Hall–Kier alpha value is -3.17. The number of fused-ring (bicyclic) bond motifs is 1. The second-order valence-corrected chi connectivity index (χ2v) is 9.82. The first-order chi connectivity index (χ1) is 15.7. The van der Waals surface area contributed by atoms with Crippen molar-refractivity contribution in [2.75, 3.05) is 23.0 Å². The zero-order valence-corrected chi connectivity index (χ0v) is 20.4. The van der Waals surface area contributed by atoms with Gasteiger partial charge >= 0.3 is 0 Å². The first-order valence-corrected chi connectivity index (χ1v) is 11.7. The van der Waals surface area contributed by atoms with Gasteiger partial charge < -0.3 is 21.3 Å². The van der Waals surface area contributed by atoms with Crippen LogP contribution in [0.5, 0.6) is 0 Å². The van der Waals surface area contributed by atoms with Crippen LogP contribution in [0.4, 0.5) is 28.8 Å². The molecular weight excluding hydrogens is 460 g/mol. The summed E-state index contributed by atoms with van der Waals surface area (Å²) in [5.74, 6) is 0.591. The molecule has 2 aromatic heterocycles. The highest BCUT2D eigenvalue weighted by Gasteiger charge is 2.29. The summed E-state index contributed by atoms with van der Waals surface area (Å²) >= 11 is 7.69. The summed E-state index contributed by atoms with van der Waals surface area (Å²) < 4.78 is 0. The fourth-order valence-corrected chi connectivity index (χ4v) is 4.80. The predicted molar refractivity (Wildman–Crippen MR) is 133 cm³/mol. The van der Waals surface area contributed by atoms with Gasteiger partial charge in [0.1, 0.15) is 9.90 Å². The summed E-state index contributed by atoms with van der Waals surface area (Å²) in [6, 6.07) is 5.78. The van der Waals surface area contributed by atoms with E-state index in [-0.39, 0.29) is 17.2 Å². The van der Waals surface area contributed by atoms with E-state index in [1.54, 1.807) is 7.05 Å². The van der Waals surface area contributed by atoms with Gasteiger partial charge in [-0.2, -0.15) is 4.98 Å². The topological polar surface area (TPSA) is 108 Å². The highest BCUT2D eigenvalue weighted by atomic mass is 35.5. The van der Waals surface area contributed by atoms with Crippen LogP contribution in [0.3, 0.4) is 0 Å². The molecule has 1 aromatic carbocycles. The molecule has 3 aromatic rings. The minimum atomic E-state index is -0.182. The lowest BCUT2D eigenvalue weighted by molar-refractivity contribution is -0.116. The van der Waals surface area contributed by atoms with Crippen molar-refractivity contribution in [3.05, 3.63) is 50.8 Å². The molecule has 0 saturated carbocycles. The van der Waals surface area contributed by atoms with Crippen molar-refractivity contribution in [2.24, 2.45) is 0 Å². The number of anilines is 5. The molecule has 172 valence electrons. The molecule has 0 saturated heterocycles. The maximum atomic E-state index is 12.2. The summed E-state index contributed by atoms with van der Waals surface area (Å²) in [6.45, 7) is 6.17. The Morgan fingerprint density at radius 2 is 2.06 bits per heavy atom. The molecule has 0 fully saturated rings. The molecule has 1 aliphatic heterocycles. The van der Waals surface area contributed by atoms with E-state index in [0.29, 0.717) is 33.8 Å². The lowest BCUT2D eigenvalue weighted by Gasteiger charge is -2.25. The SMILES string of the molecule is CNC(=O)c1scc(C)c1Nc1nc(Nc2ccc3c(c2)C(C)(C)CCC(=O)N3)ncc1Cl. The lowest BCUT2D eigenvalue weighted by Crippen LogP contribution is -2.17. The summed E-state index contributed by atoms with van der Waals surface area (Å²) in [4.78, 5) is 33.6. The van der Waals surface area contributed by atoms with E-state index >= 15 is 0 Å². The number of carbonyl (C=O) groups excluding carboxylic acids is 2. The third kappa shape index (κ3) is 4.79. The van der Waals surface area contributed by atoms with E-state index < -0.39 is 0 Å². The fraction of sp³-hybridized carbons (Fsp3) is 0.304. The molecule has 1 aliphatic rings. The maximum Gasteiger partial charge on any atom is 0.263 e. The Morgan fingerprint density at radius 3 is 2.82 bits per heavy atom. The van der Waals surface area contributed by atoms with Crippen molar-refractivity contribution in [1.82, 2.24) is 15.3 Å². The molecular formula is C23H25ClN6O2S. The second kappa shape index (κ2) is 8.99. The number of nitrogens with zero attached hydrogens (tertiary/aromatic N) is 2. The van der Waals surface area contributed by atoms with Gasteiger partial charge in [-0.1, -0.05) is 25.4 Å². The summed E-state index contributed by atoms with van der Waals surface area (Å²) in [6.07, 6.45) is 2.75. The van der Waals surface area contributed by atoms with Gasteiger partial charge in [-0.15, -0.1) is 11.3 Å². The molecule has 0 aliphatic carbocycles. The Kier molecular flexibility index (Phi) is 6.27. The number of amides is 2. The zero-order chi connectivity index (χ0) is 23.8. The molecule has 2 amide bonds. The fourth-order valence-electron chi connectivity index (χ4n) is 3.71. The number of aryl methyl sites for hydroxylation is 1. The number of carbonyl (C=O) groups is 2. The quantitative estimate of drug-likeness (QED) is 0.388. The first kappa shape index (κ1) is 23.0. The normalized spacial score (nSPS) is 14.6. The highest BCUT2D eigenvalue weighted by Crippen LogP contribution is 2.38. The number of hydrogen-bond acceptors (Lipinski definition) is 7. The van der Waals surface area contributed by atoms with Crippen LogP contribution in [-0.2, 0) is 10.2 Å². The van der Waals surface area contributed by atoms with E-state index in [4.69, 9.17) is 11.6 Å². The summed E-state index contributed by atoms with van der Waals surface area (Å²) in [7, 11) is 1.59. The average Bonchev–Trinajstić information content (AvgIpc) is 3.09. The van der Waals surface area contributed by atoms with Crippen LogP contribution in [-0.4, -0.2) is 28.8 Å². The summed E-state index contributed by atoms with van der Waals surface area (Å²) in [5.41, 5.74) is 4.08. The van der Waals surface area contributed by atoms with Gasteiger partial charge in [-0.25, -0.2) is 4.98 Å². The molecule has 10 heteroatoms. The molecule has 3 heterocycles. The van der Waals surface area contributed by atoms with Crippen molar-refractivity contribution in [3.63, 3.8) is 0 Å². The number of nitrogens with one attached hydrogen (secondary N) is 4. The van der Waals surface area contributed by atoms with E-state index in [1.165, 1.54) is 17.5 Å². The number of hydrogen-bond donors (Lipinski definition) is 4. The van der Waals surface area contributed by atoms with Crippen molar-refractivity contribution in [3.8, 4) is 0 Å². The van der Waals surface area contributed by atoms with Crippen LogP contribution < -0.4 is 21.3 Å². The van der Waals surface area contributed by atoms with Gasteiger partial charge in [0.25, 0.3) is 5.91 Å². The Morgan fingerprint density at radius 1 is 1.27 bits per heavy atom. The van der Waals surface area contributed by atoms with E-state index in [9.17, 15) is 9.59 Å². The van der Waals surface area contributed by atoms with Crippen LogP contribution in [0.25, 0.3) is 0 Å². The van der Waals surface area contributed by atoms with E-state index in [0.717, 1.165) is 28.9 Å². The van der Waals surface area contributed by atoms with Gasteiger partial charge in [-0.3, -0.25) is 9.59 Å². The van der Waals surface area contributed by atoms with Crippen LogP contribution in [0.15, 0.2) is 29.8 Å². The molecule has 0 atom stereocenters. The number of benzene rings is 1. The number of halogens is 1. The molecule has 4 N–H and O–H groups in total. The van der Waals surface area contributed by atoms with Crippen molar-refractivity contribution >= 4 is 63.6 Å². The average molecular weight is 485 g/mol. The monoisotopic (exact) mass is 484 g/mol. The van der Waals surface area contributed by atoms with Gasteiger partial charge in [-0.05, 0) is 53.5 Å². The predicted octanol–water partition coefficient (Wildman–Crippen LogP) is 5.36. The van der Waals surface area contributed by atoms with Crippen molar-refractivity contribution in [1.29, 1.82) is 0 Å². The van der Waals surface area contributed by atoms with E-state index in [2.05, 4.69) is 45.1 Å². The van der Waals surface area contributed by atoms with Crippen LogP contribution >= 0.6 is 22.9 Å². The zero-order valence-electron chi connectivity index (χ0n) is 18.8. The molecule has 0 spiro atoms. The lowest BCUT2D eigenvalue weighted by atomic mass is 9.80. The third-order valence-electron chi connectivity index (χ3n) is 5.65. The van der Waals surface area contributed by atoms with Crippen molar-refractivity contribution in [2.45, 2.75) is 39.0 Å². The second-order valence-electron chi connectivity index (χ2n) is 8.53. The van der Waals surface area contributed by atoms with Gasteiger partial charge in [0.15, 0.2) is 5.82 Å². The molecule has 8 nitrogen and oxygen atoms in total. The molecule has 4 rings (SSSR count). The molecule has 0 radical (unpaired) electrons. The highest BCUT2D eigenvalue weighted by molar-refractivity contribution is 7.12. The molecule has 0 bridgehead atoms. The van der Waals surface area contributed by atoms with Crippen molar-refractivity contribution < 1.29 is 9.59 Å². The van der Waals surface area contributed by atoms with Crippen LogP contribution in [0.1, 0.15) is 47.5 Å². The summed E-state index contributed by atoms with van der Waals surface area (Å²) in [5, 5.41) is 14.3. The van der Waals surface area contributed by atoms with Gasteiger partial charge in [0, 0.05) is 24.8 Å². The van der Waals surface area contributed by atoms with Gasteiger partial charge in [0.05, 0.1) is 11.9 Å². The largest absolute Gasteiger partial charge is 0.354 e.